The van der Waals surface area contributed by atoms with Crippen molar-refractivity contribution in [1.29, 1.82) is 0 Å². The van der Waals surface area contributed by atoms with E-state index in [0.29, 0.717) is 16.9 Å². The molecule has 7 heteroatoms. The number of nitrogens with zero attached hydrogens (tertiary/aromatic N) is 2. The number of aryl methyl sites for hydroxylation is 1. The number of fused-ring (bicyclic) bond motifs is 1. The quantitative estimate of drug-likeness (QED) is 0.745. The molecule has 1 aromatic carbocycles. The van der Waals surface area contributed by atoms with Crippen LogP contribution in [0.4, 0.5) is 0 Å². The van der Waals surface area contributed by atoms with Gasteiger partial charge in [0.25, 0.3) is 5.91 Å². The average Bonchev–Trinajstić information content (AvgIpc) is 3.16. The molecule has 0 saturated carbocycles. The molecule has 126 valence electrons. The molecule has 0 bridgehead atoms. The van der Waals surface area contributed by atoms with Crippen molar-refractivity contribution in [2.75, 3.05) is 13.7 Å². The highest BCUT2D eigenvalue weighted by atomic mass is 16.5. The first-order valence-corrected chi connectivity index (χ1v) is 7.48. The number of hydrogen-bond donors (Lipinski definition) is 2. The molecule has 3 aromatic rings. The van der Waals surface area contributed by atoms with Crippen molar-refractivity contribution >= 4 is 16.9 Å². The molecule has 0 spiro atoms. The van der Waals surface area contributed by atoms with Gasteiger partial charge in [-0.15, -0.1) is 5.10 Å². The molecular formula is C17H19N3O4. The Balaban J connectivity index is 1.75. The number of para-hydroxylation sites is 1. The summed E-state index contributed by atoms with van der Waals surface area (Å²) >= 11 is 0. The summed E-state index contributed by atoms with van der Waals surface area (Å²) in [7, 11) is 3.15. The highest BCUT2D eigenvalue weighted by Gasteiger charge is 2.29. The van der Waals surface area contributed by atoms with E-state index in [0.717, 1.165) is 5.39 Å². The minimum absolute atomic E-state index is 0.0102. The zero-order valence-electron chi connectivity index (χ0n) is 13.7. The largest absolute Gasteiger partial charge is 0.479 e. The number of aromatic nitrogens is 2. The van der Waals surface area contributed by atoms with Gasteiger partial charge in [-0.2, -0.15) is 0 Å². The minimum atomic E-state index is -1.34. The highest BCUT2D eigenvalue weighted by molar-refractivity contribution is 5.96. The van der Waals surface area contributed by atoms with Gasteiger partial charge in [0.1, 0.15) is 22.5 Å². The monoisotopic (exact) mass is 329 g/mol. The number of carbonyl (C=O) groups excluding carboxylic acids is 1. The SMILES string of the molecule is COc1nn(C)cc1C(=O)NC[C@](C)(O)c1cc2ccccc2o1. The van der Waals surface area contributed by atoms with Crippen LogP contribution in [-0.4, -0.2) is 34.4 Å². The molecule has 1 amide bonds. The minimum Gasteiger partial charge on any atom is -0.479 e. The summed E-state index contributed by atoms with van der Waals surface area (Å²) in [5.41, 5.74) is -0.349. The molecule has 7 nitrogen and oxygen atoms in total. The number of amides is 1. The maximum Gasteiger partial charge on any atom is 0.258 e. The molecule has 0 aliphatic heterocycles. The molecule has 3 rings (SSSR count). The topological polar surface area (TPSA) is 89.5 Å². The first kappa shape index (κ1) is 16.1. The van der Waals surface area contributed by atoms with Crippen LogP contribution in [0, 0.1) is 0 Å². The second kappa shape index (κ2) is 6.01. The van der Waals surface area contributed by atoms with Gasteiger partial charge in [-0.1, -0.05) is 18.2 Å². The van der Waals surface area contributed by atoms with Crippen LogP contribution in [0.1, 0.15) is 23.0 Å². The third-order valence-corrected chi connectivity index (χ3v) is 3.78. The Labute approximate surface area is 138 Å². The van der Waals surface area contributed by atoms with Crippen LogP contribution in [-0.2, 0) is 12.6 Å². The van der Waals surface area contributed by atoms with Gasteiger partial charge in [0, 0.05) is 18.6 Å². The van der Waals surface area contributed by atoms with Crippen LogP contribution in [0.15, 0.2) is 40.9 Å². The summed E-state index contributed by atoms with van der Waals surface area (Å²) in [5.74, 6) is 0.247. The summed E-state index contributed by atoms with van der Waals surface area (Å²) in [6.45, 7) is 1.58. The molecule has 0 unspecified atom stereocenters. The summed E-state index contributed by atoms with van der Waals surface area (Å²) < 4.78 is 12.2. The Morgan fingerprint density at radius 1 is 1.46 bits per heavy atom. The van der Waals surface area contributed by atoms with Gasteiger partial charge in [-0.25, -0.2) is 0 Å². The maximum atomic E-state index is 12.3. The van der Waals surface area contributed by atoms with Gasteiger partial charge < -0.3 is 19.6 Å². The fourth-order valence-electron chi connectivity index (χ4n) is 2.46. The first-order valence-electron chi connectivity index (χ1n) is 7.48. The van der Waals surface area contributed by atoms with E-state index >= 15 is 0 Å². The van der Waals surface area contributed by atoms with Crippen molar-refractivity contribution in [2.24, 2.45) is 7.05 Å². The molecule has 2 N–H and O–H groups in total. The number of aliphatic hydroxyl groups is 1. The van der Waals surface area contributed by atoms with Crippen molar-refractivity contribution in [1.82, 2.24) is 15.1 Å². The zero-order chi connectivity index (χ0) is 17.3. The van der Waals surface area contributed by atoms with E-state index in [4.69, 9.17) is 9.15 Å². The van der Waals surface area contributed by atoms with Gasteiger partial charge in [0.15, 0.2) is 0 Å². The number of hydrogen-bond acceptors (Lipinski definition) is 5. The van der Waals surface area contributed by atoms with Gasteiger partial charge in [-0.05, 0) is 19.1 Å². The van der Waals surface area contributed by atoms with E-state index in [9.17, 15) is 9.90 Å². The predicted octanol–water partition coefficient (Wildman–Crippen LogP) is 1.81. The summed E-state index contributed by atoms with van der Waals surface area (Å²) in [6, 6.07) is 9.26. The zero-order valence-corrected chi connectivity index (χ0v) is 13.7. The molecule has 2 aromatic heterocycles. The molecule has 0 saturated heterocycles. The van der Waals surface area contributed by atoms with Crippen LogP contribution in [0.3, 0.4) is 0 Å². The Hall–Kier alpha value is -2.80. The number of carbonyl (C=O) groups is 1. The van der Waals surface area contributed by atoms with Crippen molar-refractivity contribution in [3.8, 4) is 5.88 Å². The van der Waals surface area contributed by atoms with Crippen molar-refractivity contribution in [2.45, 2.75) is 12.5 Å². The number of nitrogens with one attached hydrogen (secondary N) is 1. The summed E-state index contributed by atoms with van der Waals surface area (Å²) in [5, 5.41) is 18.3. The lowest BCUT2D eigenvalue weighted by Crippen LogP contribution is -2.38. The molecule has 1 atom stereocenters. The lowest BCUT2D eigenvalue weighted by atomic mass is 10.0. The number of methoxy groups -OCH3 is 1. The molecule has 0 aliphatic carbocycles. The predicted molar refractivity (Wildman–Crippen MR) is 87.9 cm³/mol. The molecule has 0 radical (unpaired) electrons. The number of rotatable bonds is 5. The molecule has 0 aliphatic rings. The maximum absolute atomic E-state index is 12.3. The third-order valence-electron chi connectivity index (χ3n) is 3.78. The van der Waals surface area contributed by atoms with E-state index in [1.165, 1.54) is 11.8 Å². The van der Waals surface area contributed by atoms with Crippen molar-refractivity contribution in [3.63, 3.8) is 0 Å². The fourth-order valence-corrected chi connectivity index (χ4v) is 2.46. The summed E-state index contributed by atoms with van der Waals surface area (Å²) in [6.07, 6.45) is 1.56. The third kappa shape index (κ3) is 2.98. The lowest BCUT2D eigenvalue weighted by molar-refractivity contribution is 0.0344. The lowest BCUT2D eigenvalue weighted by Gasteiger charge is -2.21. The van der Waals surface area contributed by atoms with Gasteiger partial charge in [0.05, 0.1) is 13.7 Å². The second-order valence-electron chi connectivity index (χ2n) is 5.83. The summed E-state index contributed by atoms with van der Waals surface area (Å²) in [4.78, 5) is 12.3. The number of benzene rings is 1. The first-order chi connectivity index (χ1) is 11.4. The van der Waals surface area contributed by atoms with E-state index in [-0.39, 0.29) is 18.3 Å². The van der Waals surface area contributed by atoms with Crippen LogP contribution in [0.2, 0.25) is 0 Å². The van der Waals surface area contributed by atoms with Crippen LogP contribution >= 0.6 is 0 Å². The smallest absolute Gasteiger partial charge is 0.258 e. The van der Waals surface area contributed by atoms with Gasteiger partial charge in [0.2, 0.25) is 5.88 Å². The standard InChI is InChI=1S/C17H19N3O4/c1-17(22,14-8-11-6-4-5-7-13(11)24-14)10-18-15(21)12-9-20(2)19-16(12)23-3/h4-9,22H,10H2,1-3H3,(H,18,21)/t17-/m0/s1. The van der Waals surface area contributed by atoms with Crippen molar-refractivity contribution in [3.05, 3.63) is 47.9 Å². The molecule has 0 fully saturated rings. The van der Waals surface area contributed by atoms with Gasteiger partial charge in [-0.3, -0.25) is 9.48 Å². The Morgan fingerprint density at radius 2 is 2.21 bits per heavy atom. The Morgan fingerprint density at radius 3 is 2.92 bits per heavy atom. The van der Waals surface area contributed by atoms with E-state index in [1.807, 2.05) is 24.3 Å². The fraction of sp³-hybridized carbons (Fsp3) is 0.294. The van der Waals surface area contributed by atoms with E-state index in [1.54, 1.807) is 26.2 Å². The number of furan rings is 1. The second-order valence-corrected chi connectivity index (χ2v) is 5.83. The number of ether oxygens (including phenoxy) is 1. The van der Waals surface area contributed by atoms with E-state index in [2.05, 4.69) is 10.4 Å². The molecular weight excluding hydrogens is 310 g/mol. The van der Waals surface area contributed by atoms with Gasteiger partial charge >= 0.3 is 0 Å². The van der Waals surface area contributed by atoms with E-state index < -0.39 is 5.60 Å². The Bertz CT molecular complexity index is 846. The highest BCUT2D eigenvalue weighted by Crippen LogP contribution is 2.27. The Kier molecular flexibility index (Phi) is 4.02. The molecule has 2 heterocycles. The van der Waals surface area contributed by atoms with Crippen molar-refractivity contribution < 1.29 is 19.1 Å². The molecule has 24 heavy (non-hydrogen) atoms. The normalized spacial score (nSPS) is 13.7. The van der Waals surface area contributed by atoms with Crippen LogP contribution < -0.4 is 10.1 Å². The average molecular weight is 329 g/mol. The van der Waals surface area contributed by atoms with Crippen LogP contribution in [0.5, 0.6) is 5.88 Å². The van der Waals surface area contributed by atoms with Crippen LogP contribution in [0.25, 0.3) is 11.0 Å².